The highest BCUT2D eigenvalue weighted by atomic mass is 16.4. The van der Waals surface area contributed by atoms with Crippen LogP contribution >= 0.6 is 0 Å². The van der Waals surface area contributed by atoms with E-state index in [0.717, 1.165) is 18.4 Å². The predicted molar refractivity (Wildman–Crippen MR) is 88.3 cm³/mol. The largest absolute Gasteiger partial charge is 0.480 e. The zero-order chi connectivity index (χ0) is 17.6. The van der Waals surface area contributed by atoms with Crippen LogP contribution in [0.3, 0.4) is 0 Å². The number of carbonyl (C=O) groups is 3. The molecule has 1 atom stereocenters. The second kappa shape index (κ2) is 7.81. The second-order valence-electron chi connectivity index (χ2n) is 6.12. The van der Waals surface area contributed by atoms with Crippen LogP contribution in [0.4, 0.5) is 4.79 Å². The third-order valence-corrected chi connectivity index (χ3v) is 4.26. The molecule has 0 bridgehead atoms. The fourth-order valence-corrected chi connectivity index (χ4v) is 2.82. The van der Waals surface area contributed by atoms with Crippen molar-refractivity contribution in [3.05, 3.63) is 35.9 Å². The van der Waals surface area contributed by atoms with Crippen LogP contribution < -0.4 is 16.0 Å². The third kappa shape index (κ3) is 4.47. The standard InChI is InChI=1S/C17H23N3O4/c1-12(14(21)22)19-15(23)17(9-5-6-10-17)20-16(24)18-11-13-7-3-2-4-8-13/h2-4,7-8,12H,5-6,9-11H2,1H3,(H,19,23)(H,21,22)(H2,18,20,24)/t12-/m1/s1. The van der Waals surface area contributed by atoms with E-state index >= 15 is 0 Å². The number of hydrogen-bond donors (Lipinski definition) is 4. The Hall–Kier alpha value is -2.57. The van der Waals surface area contributed by atoms with Crippen LogP contribution in [0.1, 0.15) is 38.2 Å². The van der Waals surface area contributed by atoms with Crippen molar-refractivity contribution in [3.8, 4) is 0 Å². The van der Waals surface area contributed by atoms with Gasteiger partial charge in [-0.2, -0.15) is 0 Å². The maximum atomic E-state index is 12.5. The first kappa shape index (κ1) is 17.8. The van der Waals surface area contributed by atoms with Crippen molar-refractivity contribution >= 4 is 17.9 Å². The van der Waals surface area contributed by atoms with Crippen LogP contribution in [0.2, 0.25) is 0 Å². The van der Waals surface area contributed by atoms with E-state index in [1.165, 1.54) is 6.92 Å². The molecule has 0 aromatic heterocycles. The fourth-order valence-electron chi connectivity index (χ4n) is 2.82. The van der Waals surface area contributed by atoms with Crippen molar-refractivity contribution in [2.75, 3.05) is 0 Å². The molecule has 1 aromatic rings. The fraction of sp³-hybridized carbons (Fsp3) is 0.471. The van der Waals surface area contributed by atoms with Gasteiger partial charge < -0.3 is 21.1 Å². The molecule has 4 N–H and O–H groups in total. The van der Waals surface area contributed by atoms with Crippen LogP contribution in [0.25, 0.3) is 0 Å². The van der Waals surface area contributed by atoms with Crippen LogP contribution in [0.5, 0.6) is 0 Å². The Kier molecular flexibility index (Phi) is 5.78. The molecular formula is C17H23N3O4. The lowest BCUT2D eigenvalue weighted by Gasteiger charge is -2.30. The normalized spacial score (nSPS) is 16.9. The molecule has 130 valence electrons. The van der Waals surface area contributed by atoms with Gasteiger partial charge in [-0.3, -0.25) is 9.59 Å². The number of nitrogens with one attached hydrogen (secondary N) is 3. The van der Waals surface area contributed by atoms with E-state index in [0.29, 0.717) is 19.4 Å². The third-order valence-electron chi connectivity index (χ3n) is 4.26. The Morgan fingerprint density at radius 2 is 1.79 bits per heavy atom. The van der Waals surface area contributed by atoms with Crippen molar-refractivity contribution < 1.29 is 19.5 Å². The smallest absolute Gasteiger partial charge is 0.325 e. The monoisotopic (exact) mass is 333 g/mol. The quantitative estimate of drug-likeness (QED) is 0.631. The Labute approximate surface area is 140 Å². The number of benzene rings is 1. The molecule has 0 spiro atoms. The highest BCUT2D eigenvalue weighted by molar-refractivity contribution is 5.93. The predicted octanol–water partition coefficient (Wildman–Crippen LogP) is 1.39. The van der Waals surface area contributed by atoms with Gasteiger partial charge in [0.25, 0.3) is 0 Å². The lowest BCUT2D eigenvalue weighted by atomic mass is 9.96. The molecule has 0 heterocycles. The molecular weight excluding hydrogens is 310 g/mol. The zero-order valence-electron chi connectivity index (χ0n) is 13.7. The number of amides is 3. The number of aliphatic carboxylic acids is 1. The minimum Gasteiger partial charge on any atom is -0.480 e. The summed E-state index contributed by atoms with van der Waals surface area (Å²) in [4.78, 5) is 35.6. The van der Waals surface area contributed by atoms with Crippen molar-refractivity contribution in [1.82, 2.24) is 16.0 Å². The molecule has 3 amide bonds. The molecule has 1 saturated carbocycles. The highest BCUT2D eigenvalue weighted by Crippen LogP contribution is 2.30. The molecule has 0 aliphatic heterocycles. The van der Waals surface area contributed by atoms with Gasteiger partial charge in [-0.1, -0.05) is 43.2 Å². The molecule has 7 nitrogen and oxygen atoms in total. The first-order chi connectivity index (χ1) is 11.4. The lowest BCUT2D eigenvalue weighted by Crippen LogP contribution is -2.61. The average Bonchev–Trinajstić information content (AvgIpc) is 3.03. The van der Waals surface area contributed by atoms with Crippen molar-refractivity contribution in [3.63, 3.8) is 0 Å². The van der Waals surface area contributed by atoms with Gasteiger partial charge >= 0.3 is 12.0 Å². The van der Waals surface area contributed by atoms with Gasteiger partial charge in [-0.15, -0.1) is 0 Å². The molecule has 0 unspecified atom stereocenters. The summed E-state index contributed by atoms with van der Waals surface area (Å²) in [6.07, 6.45) is 2.63. The first-order valence-corrected chi connectivity index (χ1v) is 8.07. The van der Waals surface area contributed by atoms with Crippen LogP contribution in [0.15, 0.2) is 30.3 Å². The van der Waals surface area contributed by atoms with Crippen molar-refractivity contribution in [2.24, 2.45) is 0 Å². The molecule has 0 radical (unpaired) electrons. The summed E-state index contributed by atoms with van der Waals surface area (Å²) in [5.74, 6) is -1.55. The Morgan fingerprint density at radius 3 is 2.38 bits per heavy atom. The van der Waals surface area contributed by atoms with Gasteiger partial charge in [0, 0.05) is 6.54 Å². The summed E-state index contributed by atoms with van der Waals surface area (Å²) in [6.45, 7) is 1.76. The molecule has 1 aliphatic carbocycles. The molecule has 7 heteroatoms. The Balaban J connectivity index is 1.95. The molecule has 2 rings (SSSR count). The summed E-state index contributed by atoms with van der Waals surface area (Å²) in [5.41, 5.74) is -0.0816. The van der Waals surface area contributed by atoms with Gasteiger partial charge in [0.1, 0.15) is 11.6 Å². The molecule has 0 saturated heterocycles. The van der Waals surface area contributed by atoms with Crippen molar-refractivity contribution in [1.29, 1.82) is 0 Å². The van der Waals surface area contributed by atoms with E-state index in [9.17, 15) is 14.4 Å². The molecule has 1 aliphatic rings. The number of hydrogen-bond acceptors (Lipinski definition) is 3. The molecule has 1 fully saturated rings. The van der Waals surface area contributed by atoms with Gasteiger partial charge in [0.15, 0.2) is 0 Å². The average molecular weight is 333 g/mol. The maximum Gasteiger partial charge on any atom is 0.325 e. The zero-order valence-corrected chi connectivity index (χ0v) is 13.7. The van der Waals surface area contributed by atoms with Gasteiger partial charge in [0.05, 0.1) is 0 Å². The van der Waals surface area contributed by atoms with E-state index in [1.807, 2.05) is 30.3 Å². The number of urea groups is 1. The summed E-state index contributed by atoms with van der Waals surface area (Å²) in [6, 6.07) is 8.02. The SMILES string of the molecule is C[C@@H](NC(=O)C1(NC(=O)NCc2ccccc2)CCCC1)C(=O)O. The number of carbonyl (C=O) groups excluding carboxylic acids is 2. The van der Waals surface area contributed by atoms with Gasteiger partial charge in [-0.05, 0) is 25.3 Å². The minimum atomic E-state index is -1.11. The van der Waals surface area contributed by atoms with Gasteiger partial charge in [0.2, 0.25) is 5.91 Å². The van der Waals surface area contributed by atoms with E-state index in [4.69, 9.17) is 5.11 Å². The number of carboxylic acids is 1. The summed E-state index contributed by atoms with van der Waals surface area (Å²) in [5, 5.41) is 16.9. The van der Waals surface area contributed by atoms with Crippen LogP contribution in [-0.4, -0.2) is 34.6 Å². The summed E-state index contributed by atoms with van der Waals surface area (Å²) < 4.78 is 0. The van der Waals surface area contributed by atoms with Crippen LogP contribution in [0, 0.1) is 0 Å². The van der Waals surface area contributed by atoms with E-state index in [2.05, 4.69) is 16.0 Å². The first-order valence-electron chi connectivity index (χ1n) is 8.07. The topological polar surface area (TPSA) is 108 Å². The minimum absolute atomic E-state index is 0.357. The van der Waals surface area contributed by atoms with Crippen molar-refractivity contribution in [2.45, 2.75) is 50.7 Å². The number of carboxylic acid groups (broad SMARTS) is 1. The molecule has 24 heavy (non-hydrogen) atoms. The Bertz CT molecular complexity index is 597. The highest BCUT2D eigenvalue weighted by Gasteiger charge is 2.43. The van der Waals surface area contributed by atoms with E-state index < -0.39 is 29.5 Å². The number of rotatable bonds is 6. The molecule has 1 aromatic carbocycles. The summed E-state index contributed by atoms with van der Waals surface area (Å²) >= 11 is 0. The maximum absolute atomic E-state index is 12.5. The van der Waals surface area contributed by atoms with E-state index in [-0.39, 0.29) is 0 Å². The summed E-state index contributed by atoms with van der Waals surface area (Å²) in [7, 11) is 0. The van der Waals surface area contributed by atoms with Crippen LogP contribution in [-0.2, 0) is 16.1 Å². The van der Waals surface area contributed by atoms with Gasteiger partial charge in [-0.25, -0.2) is 4.79 Å². The van der Waals surface area contributed by atoms with E-state index in [1.54, 1.807) is 0 Å². The Morgan fingerprint density at radius 1 is 1.17 bits per heavy atom. The second-order valence-corrected chi connectivity index (χ2v) is 6.12. The lowest BCUT2D eigenvalue weighted by molar-refractivity contribution is -0.142.